The van der Waals surface area contributed by atoms with Crippen molar-refractivity contribution < 1.29 is 19.2 Å². The van der Waals surface area contributed by atoms with E-state index < -0.39 is 27.7 Å². The Labute approximate surface area is 178 Å². The molecule has 0 fully saturated rings. The van der Waals surface area contributed by atoms with Crippen LogP contribution in [0.1, 0.15) is 10.4 Å². The summed E-state index contributed by atoms with van der Waals surface area (Å²) in [5, 5.41) is 22.1. The van der Waals surface area contributed by atoms with Crippen LogP contribution in [-0.2, 0) is 0 Å². The van der Waals surface area contributed by atoms with Crippen LogP contribution in [0.25, 0.3) is 27.4 Å². The van der Waals surface area contributed by atoms with Crippen LogP contribution in [0.15, 0.2) is 77.0 Å². The molecule has 0 saturated carbocycles. The molecule has 0 bridgehead atoms. The van der Waals surface area contributed by atoms with Crippen LogP contribution in [0.3, 0.4) is 0 Å². The number of benzene rings is 2. The number of carboxylic acids is 1. The molecule has 0 unspecified atom stereocenters. The third-order valence-electron chi connectivity index (χ3n) is 4.67. The van der Waals surface area contributed by atoms with E-state index in [-0.39, 0.29) is 5.69 Å². The van der Waals surface area contributed by atoms with E-state index in [0.717, 1.165) is 5.56 Å². The summed E-state index contributed by atoms with van der Waals surface area (Å²) >= 11 is 1.33. The number of rotatable bonds is 5. The van der Waals surface area contributed by atoms with E-state index in [1.165, 1.54) is 64.6 Å². The number of halogens is 1. The second-order valence-electron chi connectivity index (χ2n) is 6.56. The maximum Gasteiger partial charge on any atom is 0.341 e. The molecule has 0 amide bonds. The Balaban J connectivity index is 1.93. The van der Waals surface area contributed by atoms with Crippen molar-refractivity contribution in [1.82, 2.24) is 4.57 Å². The van der Waals surface area contributed by atoms with Crippen molar-refractivity contribution in [3.8, 4) is 27.4 Å². The van der Waals surface area contributed by atoms with Crippen LogP contribution in [0.2, 0.25) is 0 Å². The lowest BCUT2D eigenvalue weighted by molar-refractivity contribution is -0.384. The molecule has 31 heavy (non-hydrogen) atoms. The number of carboxylic acid groups (broad SMARTS) is 1. The van der Waals surface area contributed by atoms with Gasteiger partial charge in [0.1, 0.15) is 11.4 Å². The number of aromatic carboxylic acids is 1. The number of pyridine rings is 1. The summed E-state index contributed by atoms with van der Waals surface area (Å²) in [4.78, 5) is 35.1. The maximum atomic E-state index is 13.4. The van der Waals surface area contributed by atoms with Crippen molar-refractivity contribution in [1.29, 1.82) is 0 Å². The summed E-state index contributed by atoms with van der Waals surface area (Å²) in [6.45, 7) is 0. The Hall–Kier alpha value is -4.11. The minimum atomic E-state index is -1.37. The Kier molecular flexibility index (Phi) is 5.18. The van der Waals surface area contributed by atoms with Crippen molar-refractivity contribution in [3.05, 3.63) is 104 Å². The summed E-state index contributed by atoms with van der Waals surface area (Å²) in [6, 6.07) is 14.5. The first-order valence-electron chi connectivity index (χ1n) is 8.94. The third kappa shape index (κ3) is 3.86. The highest BCUT2D eigenvalue weighted by atomic mass is 32.1. The minimum Gasteiger partial charge on any atom is -0.477 e. The normalized spacial score (nSPS) is 10.7. The van der Waals surface area contributed by atoms with Crippen molar-refractivity contribution in [3.63, 3.8) is 0 Å². The smallest absolute Gasteiger partial charge is 0.341 e. The lowest BCUT2D eigenvalue weighted by Crippen LogP contribution is -2.18. The average Bonchev–Trinajstić information content (AvgIpc) is 3.24. The Bertz CT molecular complexity index is 1360. The lowest BCUT2D eigenvalue weighted by Gasteiger charge is -2.15. The van der Waals surface area contributed by atoms with Crippen molar-refractivity contribution in [2.24, 2.45) is 0 Å². The Morgan fingerprint density at radius 3 is 2.35 bits per heavy atom. The molecule has 1 N–H and O–H groups in total. The number of hydrogen-bond donors (Lipinski definition) is 1. The van der Waals surface area contributed by atoms with Gasteiger partial charge in [-0.2, -0.15) is 0 Å². The molecule has 0 saturated heterocycles. The molecule has 0 aliphatic heterocycles. The molecule has 4 rings (SSSR count). The zero-order valence-corrected chi connectivity index (χ0v) is 16.5. The Morgan fingerprint density at radius 2 is 1.74 bits per heavy atom. The second-order valence-corrected chi connectivity index (χ2v) is 7.47. The summed E-state index contributed by atoms with van der Waals surface area (Å²) in [6.07, 6.45) is 1.21. The molecule has 154 valence electrons. The number of aromatic nitrogens is 1. The van der Waals surface area contributed by atoms with E-state index in [1.807, 2.05) is 6.07 Å². The van der Waals surface area contributed by atoms with E-state index in [2.05, 4.69) is 0 Å². The highest BCUT2D eigenvalue weighted by Gasteiger charge is 2.19. The number of nitrogens with zero attached hydrogens (tertiary/aromatic N) is 2. The summed E-state index contributed by atoms with van der Waals surface area (Å²) < 4.78 is 14.9. The number of nitro benzene ring substituents is 1. The number of thiophene rings is 1. The van der Waals surface area contributed by atoms with Gasteiger partial charge in [-0.15, -0.1) is 11.3 Å². The first kappa shape index (κ1) is 20.2. The van der Waals surface area contributed by atoms with Gasteiger partial charge < -0.3 is 9.67 Å². The fourth-order valence-corrected chi connectivity index (χ4v) is 4.11. The fourth-order valence-electron chi connectivity index (χ4n) is 3.18. The quantitative estimate of drug-likeness (QED) is 0.351. The number of hydrogen-bond acceptors (Lipinski definition) is 5. The highest BCUT2D eigenvalue weighted by molar-refractivity contribution is 7.14. The summed E-state index contributed by atoms with van der Waals surface area (Å²) in [5.74, 6) is -1.82. The molecule has 7 nitrogen and oxygen atoms in total. The maximum absolute atomic E-state index is 13.4. The van der Waals surface area contributed by atoms with Gasteiger partial charge in [0.2, 0.25) is 0 Å². The zero-order valence-electron chi connectivity index (χ0n) is 15.7. The SMILES string of the molecule is O=C(O)c1cn(-c2ccc(F)cc2)c(-c2sccc2-c2ccc([N+](=O)[O-])cc2)cc1=O. The lowest BCUT2D eigenvalue weighted by atomic mass is 10.0. The van der Waals surface area contributed by atoms with Gasteiger partial charge in [0, 0.05) is 35.6 Å². The van der Waals surface area contributed by atoms with Gasteiger partial charge >= 0.3 is 5.97 Å². The van der Waals surface area contributed by atoms with Gasteiger partial charge in [-0.3, -0.25) is 14.9 Å². The van der Waals surface area contributed by atoms with Gasteiger partial charge in [0.25, 0.3) is 5.69 Å². The molecule has 9 heteroatoms. The zero-order chi connectivity index (χ0) is 22.1. The first-order chi connectivity index (χ1) is 14.8. The molecule has 0 aliphatic carbocycles. The molecule has 0 aliphatic rings. The van der Waals surface area contributed by atoms with E-state index in [9.17, 15) is 29.2 Å². The van der Waals surface area contributed by atoms with E-state index in [1.54, 1.807) is 17.5 Å². The van der Waals surface area contributed by atoms with E-state index >= 15 is 0 Å². The average molecular weight is 436 g/mol. The predicted octanol–water partition coefficient (Wildman–Crippen LogP) is 4.98. The Morgan fingerprint density at radius 1 is 1.06 bits per heavy atom. The molecule has 2 aromatic heterocycles. The molecule has 4 aromatic rings. The number of non-ortho nitro benzene ring substituents is 1. The van der Waals surface area contributed by atoms with Gasteiger partial charge in [0.05, 0.1) is 15.5 Å². The number of nitro groups is 1. The molecule has 2 heterocycles. The van der Waals surface area contributed by atoms with Crippen molar-refractivity contribution >= 4 is 23.0 Å². The van der Waals surface area contributed by atoms with Gasteiger partial charge in [-0.1, -0.05) is 0 Å². The van der Waals surface area contributed by atoms with Crippen LogP contribution < -0.4 is 5.43 Å². The van der Waals surface area contributed by atoms with Crippen molar-refractivity contribution in [2.75, 3.05) is 0 Å². The molecular formula is C22H13FN2O5S. The van der Waals surface area contributed by atoms with Gasteiger partial charge in [0.15, 0.2) is 5.43 Å². The fraction of sp³-hybridized carbons (Fsp3) is 0. The first-order valence-corrected chi connectivity index (χ1v) is 9.82. The molecule has 0 spiro atoms. The molecule has 0 radical (unpaired) electrons. The largest absolute Gasteiger partial charge is 0.477 e. The van der Waals surface area contributed by atoms with Crippen LogP contribution >= 0.6 is 11.3 Å². The third-order valence-corrected chi connectivity index (χ3v) is 5.61. The molecule has 0 atom stereocenters. The monoisotopic (exact) mass is 436 g/mol. The molecule has 2 aromatic carbocycles. The van der Waals surface area contributed by atoms with Crippen LogP contribution in [-0.4, -0.2) is 20.6 Å². The van der Waals surface area contributed by atoms with Crippen LogP contribution in [0.4, 0.5) is 10.1 Å². The summed E-state index contributed by atoms with van der Waals surface area (Å²) in [7, 11) is 0. The van der Waals surface area contributed by atoms with Crippen LogP contribution in [0, 0.1) is 15.9 Å². The van der Waals surface area contributed by atoms with Gasteiger partial charge in [-0.25, -0.2) is 9.18 Å². The standard InChI is InChI=1S/C22H13FN2O5S/c23-14-3-7-15(8-4-14)24-12-18(22(27)28)20(26)11-19(24)21-17(9-10-31-21)13-1-5-16(6-2-13)25(29)30/h1-12H,(H,27,28). The highest BCUT2D eigenvalue weighted by Crippen LogP contribution is 2.38. The molecular weight excluding hydrogens is 423 g/mol. The number of carbonyl (C=O) groups is 1. The summed E-state index contributed by atoms with van der Waals surface area (Å²) in [5.41, 5.74) is 1.19. The van der Waals surface area contributed by atoms with Crippen LogP contribution in [0.5, 0.6) is 0 Å². The second kappa shape index (κ2) is 7.96. The topological polar surface area (TPSA) is 102 Å². The minimum absolute atomic E-state index is 0.0467. The van der Waals surface area contributed by atoms with E-state index in [0.29, 0.717) is 21.8 Å². The van der Waals surface area contributed by atoms with Crippen molar-refractivity contribution in [2.45, 2.75) is 0 Å². The van der Waals surface area contributed by atoms with E-state index in [4.69, 9.17) is 0 Å². The van der Waals surface area contributed by atoms with Gasteiger partial charge in [-0.05, 0) is 53.4 Å². The predicted molar refractivity (Wildman–Crippen MR) is 114 cm³/mol.